The van der Waals surface area contributed by atoms with Gasteiger partial charge in [-0.05, 0) is 42.5 Å². The van der Waals surface area contributed by atoms with Gasteiger partial charge in [-0.2, -0.15) is 0 Å². The highest BCUT2D eigenvalue weighted by atomic mass is 19.1. The Morgan fingerprint density at radius 3 is 2.75 bits per heavy atom. The number of aromatic amines is 1. The number of aromatic nitrogens is 1. The van der Waals surface area contributed by atoms with Crippen LogP contribution >= 0.6 is 0 Å². The molecule has 1 aliphatic carbocycles. The van der Waals surface area contributed by atoms with Gasteiger partial charge in [0.1, 0.15) is 18.1 Å². The van der Waals surface area contributed by atoms with Crippen molar-refractivity contribution in [3.05, 3.63) is 70.8 Å². The van der Waals surface area contributed by atoms with Crippen LogP contribution < -0.4 is 0 Å². The van der Waals surface area contributed by atoms with Crippen molar-refractivity contribution in [2.24, 2.45) is 0 Å². The highest BCUT2D eigenvalue weighted by Gasteiger charge is 2.32. The average molecular weight is 327 g/mol. The van der Waals surface area contributed by atoms with Crippen molar-refractivity contribution in [1.82, 2.24) is 4.98 Å². The number of Topliss-reactive ketones (excluding diaryl/α,β-unsaturated/α-hetero) is 1. The van der Waals surface area contributed by atoms with Crippen molar-refractivity contribution in [3.8, 4) is 0 Å². The van der Waals surface area contributed by atoms with Crippen LogP contribution in [0.4, 0.5) is 4.39 Å². The zero-order valence-electron chi connectivity index (χ0n) is 13.4. The van der Waals surface area contributed by atoms with E-state index < -0.39 is 5.97 Å². The van der Waals surface area contributed by atoms with E-state index in [1.54, 1.807) is 19.1 Å². The van der Waals surface area contributed by atoms with Crippen LogP contribution in [-0.2, 0) is 11.2 Å². The van der Waals surface area contributed by atoms with Crippen LogP contribution in [0.1, 0.15) is 50.0 Å². The minimum atomic E-state index is -0.493. The van der Waals surface area contributed by atoms with Crippen molar-refractivity contribution in [3.63, 3.8) is 0 Å². The van der Waals surface area contributed by atoms with E-state index in [1.165, 1.54) is 18.2 Å². The van der Waals surface area contributed by atoms with Crippen LogP contribution in [0.5, 0.6) is 0 Å². The summed E-state index contributed by atoms with van der Waals surface area (Å²) in [5.74, 6) is -0.833. The third kappa shape index (κ3) is 2.89. The second-order valence-electron chi connectivity index (χ2n) is 5.95. The Morgan fingerprint density at radius 1 is 1.38 bits per heavy atom. The lowest BCUT2D eigenvalue weighted by molar-refractivity contribution is 0.0542. The second kappa shape index (κ2) is 6.43. The molecule has 0 radical (unpaired) electrons. The number of fused-ring (bicyclic) bond motifs is 1. The lowest BCUT2D eigenvalue weighted by Crippen LogP contribution is -2.18. The number of ether oxygens (including phenoxy) is 1. The number of hydrogen-bond donors (Lipinski definition) is 1. The number of esters is 1. The summed E-state index contributed by atoms with van der Waals surface area (Å²) in [6, 6.07) is 6.20. The van der Waals surface area contributed by atoms with Gasteiger partial charge in [-0.25, -0.2) is 9.18 Å². The molecule has 0 saturated carbocycles. The first-order chi connectivity index (χ1) is 11.5. The Labute approximate surface area is 139 Å². The quantitative estimate of drug-likeness (QED) is 0.688. The average Bonchev–Trinajstić information content (AvgIpc) is 2.90. The fraction of sp³-hybridized carbons (Fsp3) is 0.263. The first-order valence-electron chi connectivity index (χ1n) is 7.79. The van der Waals surface area contributed by atoms with Crippen molar-refractivity contribution in [2.45, 2.75) is 25.7 Å². The number of hydrogen-bond acceptors (Lipinski definition) is 3. The SMILES string of the molecule is C=CCOC(=O)c1[nH]c2c(c1C)C(=O)C[C@@H](c1ccc(F)cc1)C2. The van der Waals surface area contributed by atoms with Gasteiger partial charge >= 0.3 is 5.97 Å². The van der Waals surface area contributed by atoms with Crippen molar-refractivity contribution < 1.29 is 18.7 Å². The van der Waals surface area contributed by atoms with Gasteiger partial charge in [0.25, 0.3) is 0 Å². The molecule has 0 bridgehead atoms. The van der Waals surface area contributed by atoms with Gasteiger partial charge in [0, 0.05) is 17.7 Å². The molecule has 4 nitrogen and oxygen atoms in total. The third-order valence-corrected chi connectivity index (χ3v) is 4.37. The molecule has 1 aliphatic rings. The first kappa shape index (κ1) is 16.2. The number of nitrogens with one attached hydrogen (secondary N) is 1. The Hall–Kier alpha value is -2.69. The van der Waals surface area contributed by atoms with Crippen LogP contribution in [0.15, 0.2) is 36.9 Å². The van der Waals surface area contributed by atoms with E-state index in [1.807, 2.05) is 0 Å². The molecule has 3 rings (SSSR count). The summed E-state index contributed by atoms with van der Waals surface area (Å²) in [5.41, 5.74) is 3.18. The smallest absolute Gasteiger partial charge is 0.355 e. The Bertz CT molecular complexity index is 805. The van der Waals surface area contributed by atoms with E-state index in [0.717, 1.165) is 11.3 Å². The fourth-order valence-corrected chi connectivity index (χ4v) is 3.21. The molecule has 5 heteroatoms. The Balaban J connectivity index is 1.90. The van der Waals surface area contributed by atoms with Gasteiger partial charge in [0.15, 0.2) is 5.78 Å². The minimum Gasteiger partial charge on any atom is -0.457 e. The summed E-state index contributed by atoms with van der Waals surface area (Å²) in [5, 5.41) is 0. The van der Waals surface area contributed by atoms with E-state index in [-0.39, 0.29) is 24.1 Å². The molecule has 0 spiro atoms. The molecule has 0 aliphatic heterocycles. The molecule has 0 unspecified atom stereocenters. The summed E-state index contributed by atoms with van der Waals surface area (Å²) in [7, 11) is 0. The molecule has 24 heavy (non-hydrogen) atoms. The molecule has 0 fully saturated rings. The molecule has 2 aromatic rings. The van der Waals surface area contributed by atoms with E-state index in [2.05, 4.69) is 11.6 Å². The summed E-state index contributed by atoms with van der Waals surface area (Å²) in [6.07, 6.45) is 2.44. The van der Waals surface area contributed by atoms with Gasteiger partial charge in [-0.3, -0.25) is 4.79 Å². The lowest BCUT2D eigenvalue weighted by Gasteiger charge is -2.22. The van der Waals surface area contributed by atoms with E-state index in [9.17, 15) is 14.0 Å². The number of ketones is 1. The normalized spacial score (nSPS) is 16.6. The van der Waals surface area contributed by atoms with Crippen LogP contribution in [0, 0.1) is 12.7 Å². The highest BCUT2D eigenvalue weighted by Crippen LogP contribution is 2.35. The van der Waals surface area contributed by atoms with Gasteiger partial charge < -0.3 is 9.72 Å². The van der Waals surface area contributed by atoms with Gasteiger partial charge in [-0.15, -0.1) is 0 Å². The monoisotopic (exact) mass is 327 g/mol. The molecule has 1 heterocycles. The molecule has 1 aromatic heterocycles. The largest absolute Gasteiger partial charge is 0.457 e. The van der Waals surface area contributed by atoms with Crippen molar-refractivity contribution >= 4 is 11.8 Å². The Morgan fingerprint density at radius 2 is 2.08 bits per heavy atom. The zero-order valence-corrected chi connectivity index (χ0v) is 13.4. The van der Waals surface area contributed by atoms with Crippen molar-refractivity contribution in [2.75, 3.05) is 6.61 Å². The zero-order chi connectivity index (χ0) is 17.3. The van der Waals surface area contributed by atoms with E-state index in [4.69, 9.17) is 4.74 Å². The van der Waals surface area contributed by atoms with E-state index >= 15 is 0 Å². The fourth-order valence-electron chi connectivity index (χ4n) is 3.21. The summed E-state index contributed by atoms with van der Waals surface area (Å²) < 4.78 is 18.1. The predicted octanol–water partition coefficient (Wildman–Crippen LogP) is 3.72. The maximum absolute atomic E-state index is 13.1. The molecule has 0 amide bonds. The molecule has 1 N–H and O–H groups in total. The standard InChI is InChI=1S/C19H18FNO3/c1-3-8-24-19(23)18-11(2)17-15(21-18)9-13(10-16(17)22)12-4-6-14(20)7-5-12/h3-7,13,21H,1,8-10H2,2H3/t13-/m0/s1. The summed E-state index contributed by atoms with van der Waals surface area (Å²) in [6.45, 7) is 5.37. The summed E-state index contributed by atoms with van der Waals surface area (Å²) >= 11 is 0. The highest BCUT2D eigenvalue weighted by molar-refractivity contribution is 6.03. The van der Waals surface area contributed by atoms with Crippen LogP contribution in [0.3, 0.4) is 0 Å². The maximum atomic E-state index is 13.1. The number of carbonyl (C=O) groups is 2. The van der Waals surface area contributed by atoms with Gasteiger partial charge in [0.05, 0.1) is 0 Å². The molecular weight excluding hydrogens is 309 g/mol. The second-order valence-corrected chi connectivity index (χ2v) is 5.95. The number of halogens is 1. The van der Waals surface area contributed by atoms with Crippen LogP contribution in [0.2, 0.25) is 0 Å². The lowest BCUT2D eigenvalue weighted by atomic mass is 9.81. The predicted molar refractivity (Wildman–Crippen MR) is 87.8 cm³/mol. The summed E-state index contributed by atoms with van der Waals surface area (Å²) in [4.78, 5) is 27.7. The molecule has 124 valence electrons. The van der Waals surface area contributed by atoms with Crippen LogP contribution in [0.25, 0.3) is 0 Å². The van der Waals surface area contributed by atoms with Gasteiger partial charge in [-0.1, -0.05) is 24.8 Å². The van der Waals surface area contributed by atoms with Crippen LogP contribution in [-0.4, -0.2) is 23.3 Å². The number of carbonyl (C=O) groups excluding carboxylic acids is 2. The molecule has 0 saturated heterocycles. The number of rotatable bonds is 4. The topological polar surface area (TPSA) is 59.2 Å². The third-order valence-electron chi connectivity index (χ3n) is 4.37. The number of H-pyrrole nitrogens is 1. The van der Waals surface area contributed by atoms with Crippen molar-refractivity contribution in [1.29, 1.82) is 0 Å². The van der Waals surface area contributed by atoms with Gasteiger partial charge in [0.2, 0.25) is 0 Å². The van der Waals surface area contributed by atoms with E-state index in [0.29, 0.717) is 29.7 Å². The number of benzene rings is 1. The minimum absolute atomic E-state index is 0.0119. The maximum Gasteiger partial charge on any atom is 0.355 e. The molecule has 1 atom stereocenters. The molecular formula is C19H18FNO3. The Kier molecular flexibility index (Phi) is 4.34. The first-order valence-corrected chi connectivity index (χ1v) is 7.79. The molecule has 1 aromatic carbocycles.